The average molecular weight is 367 g/mol. The van der Waals surface area contributed by atoms with Crippen LogP contribution in [0.5, 0.6) is 0 Å². The van der Waals surface area contributed by atoms with Crippen molar-refractivity contribution in [3.05, 3.63) is 28.3 Å². The molecule has 6 rings (SSSR count). The van der Waals surface area contributed by atoms with Crippen LogP contribution < -0.4 is 5.32 Å². The Morgan fingerprint density at radius 1 is 1.12 bits per heavy atom. The molecule has 1 aromatic heterocycles. The van der Waals surface area contributed by atoms with Gasteiger partial charge in [-0.2, -0.15) is 5.26 Å². The van der Waals surface area contributed by atoms with Gasteiger partial charge in [0.2, 0.25) is 0 Å². The van der Waals surface area contributed by atoms with Crippen LogP contribution in [-0.2, 0) is 17.6 Å². The Morgan fingerprint density at radius 3 is 2.42 bits per heavy atom. The number of aryl methyl sites for hydroxylation is 1. The lowest BCUT2D eigenvalue weighted by atomic mass is 9.48. The van der Waals surface area contributed by atoms with E-state index in [1.165, 1.54) is 42.5 Å². The summed E-state index contributed by atoms with van der Waals surface area (Å²) in [5.41, 5.74) is 1.98. The third-order valence-corrected chi connectivity index (χ3v) is 8.52. The van der Waals surface area contributed by atoms with E-state index >= 15 is 0 Å². The molecule has 4 saturated carbocycles. The molecule has 0 atom stereocenters. The lowest BCUT2D eigenvalue weighted by Crippen LogP contribution is -2.49. The number of nitriles is 1. The first-order valence-electron chi connectivity index (χ1n) is 10.2. The van der Waals surface area contributed by atoms with Crippen molar-refractivity contribution >= 4 is 22.1 Å². The summed E-state index contributed by atoms with van der Waals surface area (Å²) < 4.78 is 0. The zero-order valence-corrected chi connectivity index (χ0v) is 16.0. The van der Waals surface area contributed by atoms with Crippen molar-refractivity contribution in [1.29, 1.82) is 5.26 Å². The largest absolute Gasteiger partial charge is 0.352 e. The number of thiophene rings is 1. The molecule has 136 valence electrons. The van der Waals surface area contributed by atoms with E-state index in [0.29, 0.717) is 5.78 Å². The zero-order valence-electron chi connectivity index (χ0n) is 15.2. The van der Waals surface area contributed by atoms with Crippen LogP contribution in [0.4, 0.5) is 5.00 Å². The van der Waals surface area contributed by atoms with Crippen LogP contribution in [-0.4, -0.2) is 5.78 Å². The summed E-state index contributed by atoms with van der Waals surface area (Å²) in [7, 11) is 0. The monoisotopic (exact) mass is 366 g/mol. The van der Waals surface area contributed by atoms with E-state index in [1.807, 2.05) is 0 Å². The van der Waals surface area contributed by atoms with Gasteiger partial charge in [-0.15, -0.1) is 11.3 Å². The molecule has 0 radical (unpaired) electrons. The maximum Gasteiger partial charge on any atom is 0.163 e. The minimum Gasteiger partial charge on any atom is -0.352 e. The highest BCUT2D eigenvalue weighted by Gasteiger charge is 2.53. The molecule has 1 heterocycles. The van der Waals surface area contributed by atoms with E-state index in [2.05, 4.69) is 11.4 Å². The van der Waals surface area contributed by atoms with Gasteiger partial charge < -0.3 is 5.32 Å². The molecule has 1 aromatic rings. The number of anilines is 1. The number of nitrogens with one attached hydrogen (secondary N) is 1. The second-order valence-corrected chi connectivity index (χ2v) is 10.2. The van der Waals surface area contributed by atoms with E-state index in [0.717, 1.165) is 60.4 Å². The van der Waals surface area contributed by atoms with Crippen LogP contribution in [0.2, 0.25) is 0 Å². The molecule has 0 spiro atoms. The van der Waals surface area contributed by atoms with Crippen LogP contribution >= 0.6 is 11.3 Å². The number of hydrogen-bond donors (Lipinski definition) is 1. The van der Waals surface area contributed by atoms with E-state index in [9.17, 15) is 10.1 Å². The fraction of sp³-hybridized carbons (Fsp3) is 0.636. The van der Waals surface area contributed by atoms with Gasteiger partial charge >= 0.3 is 0 Å². The second kappa shape index (κ2) is 6.23. The molecule has 1 N–H and O–H groups in total. The Balaban J connectivity index is 1.32. The standard InChI is InChI=1S/C22H26N2OS/c23-13-18-17-3-1-2-4-19(17)26-21(18)24-6-5-20(25)22-10-14-7-15(11-22)9-16(8-14)12-22/h5-6,14-16,24H,1-4,7-12H2/b6-5+. The van der Waals surface area contributed by atoms with E-state index in [-0.39, 0.29) is 5.41 Å². The van der Waals surface area contributed by atoms with Crippen molar-refractivity contribution in [2.45, 2.75) is 64.2 Å². The number of carbonyl (C=O) groups excluding carboxylic acids is 1. The molecule has 4 fully saturated rings. The number of hydrogen-bond acceptors (Lipinski definition) is 4. The molecule has 5 aliphatic rings. The fourth-order valence-corrected chi connectivity index (χ4v) is 7.79. The lowest BCUT2D eigenvalue weighted by Gasteiger charge is -2.55. The van der Waals surface area contributed by atoms with E-state index in [1.54, 1.807) is 23.6 Å². The van der Waals surface area contributed by atoms with Crippen molar-refractivity contribution in [1.82, 2.24) is 0 Å². The third kappa shape index (κ3) is 2.63. The van der Waals surface area contributed by atoms with Gasteiger partial charge in [0.1, 0.15) is 11.1 Å². The predicted octanol–water partition coefficient (Wildman–Crippen LogP) is 5.21. The van der Waals surface area contributed by atoms with Gasteiger partial charge in [0.25, 0.3) is 0 Å². The van der Waals surface area contributed by atoms with Crippen molar-refractivity contribution in [2.75, 3.05) is 5.32 Å². The van der Waals surface area contributed by atoms with Crippen LogP contribution in [0.25, 0.3) is 0 Å². The van der Waals surface area contributed by atoms with Crippen molar-refractivity contribution in [2.24, 2.45) is 23.2 Å². The maximum absolute atomic E-state index is 13.0. The zero-order chi connectivity index (χ0) is 17.7. The summed E-state index contributed by atoms with van der Waals surface area (Å²) in [5.74, 6) is 2.70. The minimum absolute atomic E-state index is 0.0698. The molecule has 3 nitrogen and oxygen atoms in total. The highest BCUT2D eigenvalue weighted by molar-refractivity contribution is 7.16. The normalized spacial score (nSPS) is 34.7. The van der Waals surface area contributed by atoms with E-state index in [4.69, 9.17) is 0 Å². The van der Waals surface area contributed by atoms with Crippen LogP contribution in [0, 0.1) is 34.5 Å². The number of fused-ring (bicyclic) bond motifs is 1. The molecule has 0 unspecified atom stereocenters. The van der Waals surface area contributed by atoms with Crippen molar-refractivity contribution in [3.8, 4) is 6.07 Å². The molecule has 0 saturated heterocycles. The number of ketones is 1. The molecule has 0 amide bonds. The number of allylic oxidation sites excluding steroid dienone is 1. The van der Waals surface area contributed by atoms with Crippen LogP contribution in [0.3, 0.4) is 0 Å². The second-order valence-electron chi connectivity index (χ2n) is 9.07. The van der Waals surface area contributed by atoms with Gasteiger partial charge in [-0.1, -0.05) is 0 Å². The Kier molecular flexibility index (Phi) is 3.97. The summed E-state index contributed by atoms with van der Waals surface area (Å²) in [5, 5.41) is 13.8. The highest BCUT2D eigenvalue weighted by atomic mass is 32.1. The molecule has 4 heteroatoms. The van der Waals surface area contributed by atoms with Gasteiger partial charge in [0.15, 0.2) is 5.78 Å². The topological polar surface area (TPSA) is 52.9 Å². The van der Waals surface area contributed by atoms with Gasteiger partial charge in [-0.25, -0.2) is 0 Å². The Labute approximate surface area is 159 Å². The first-order chi connectivity index (χ1) is 12.7. The number of nitrogens with zero attached hydrogens (tertiary/aromatic N) is 1. The lowest BCUT2D eigenvalue weighted by molar-refractivity contribution is -0.138. The van der Waals surface area contributed by atoms with Gasteiger partial charge in [-0.05, 0) is 93.6 Å². The van der Waals surface area contributed by atoms with Gasteiger partial charge in [0.05, 0.1) is 5.56 Å². The highest BCUT2D eigenvalue weighted by Crippen LogP contribution is 2.60. The summed E-state index contributed by atoms with van der Waals surface area (Å²) in [6.07, 6.45) is 15.5. The predicted molar refractivity (Wildman–Crippen MR) is 104 cm³/mol. The molecule has 0 aliphatic heterocycles. The van der Waals surface area contributed by atoms with Crippen LogP contribution in [0.1, 0.15) is 67.4 Å². The maximum atomic E-state index is 13.0. The molecule has 26 heavy (non-hydrogen) atoms. The van der Waals surface area contributed by atoms with Gasteiger partial charge in [-0.3, -0.25) is 4.79 Å². The SMILES string of the molecule is N#Cc1c(N/C=C/C(=O)C23CC4CC(CC(C4)C2)C3)sc2c1CCCC2. The quantitative estimate of drug-likeness (QED) is 0.744. The first-order valence-corrected chi connectivity index (χ1v) is 11.0. The van der Waals surface area contributed by atoms with Gasteiger partial charge in [0, 0.05) is 16.5 Å². The summed E-state index contributed by atoms with van der Waals surface area (Å²) in [6.45, 7) is 0. The molecular weight excluding hydrogens is 340 g/mol. The van der Waals surface area contributed by atoms with E-state index < -0.39 is 0 Å². The number of carbonyl (C=O) groups is 1. The van der Waals surface area contributed by atoms with Crippen molar-refractivity contribution in [3.63, 3.8) is 0 Å². The fourth-order valence-electron chi connectivity index (χ4n) is 6.57. The smallest absolute Gasteiger partial charge is 0.163 e. The number of rotatable bonds is 4. The Hall–Kier alpha value is -1.60. The van der Waals surface area contributed by atoms with Crippen molar-refractivity contribution < 1.29 is 4.79 Å². The Morgan fingerprint density at radius 2 is 1.77 bits per heavy atom. The molecule has 5 aliphatic carbocycles. The minimum atomic E-state index is -0.0698. The molecule has 4 bridgehead atoms. The summed E-state index contributed by atoms with van der Waals surface area (Å²) in [4.78, 5) is 14.4. The Bertz CT molecular complexity index is 778. The third-order valence-electron chi connectivity index (χ3n) is 7.29. The van der Waals surface area contributed by atoms with Crippen LogP contribution in [0.15, 0.2) is 12.3 Å². The summed E-state index contributed by atoms with van der Waals surface area (Å²) in [6, 6.07) is 2.38. The molecule has 0 aromatic carbocycles. The average Bonchev–Trinajstić information content (AvgIpc) is 2.97. The first kappa shape index (κ1) is 16.6. The molecular formula is C22H26N2OS. The summed E-state index contributed by atoms with van der Waals surface area (Å²) >= 11 is 1.70.